The highest BCUT2D eigenvalue weighted by Crippen LogP contribution is 2.24. The Kier molecular flexibility index (Phi) is 5.13. The molecule has 2 aromatic rings. The molecule has 146 valence electrons. The molecule has 0 saturated carbocycles. The number of benzene rings is 2. The van der Waals surface area contributed by atoms with E-state index in [4.69, 9.17) is 0 Å². The van der Waals surface area contributed by atoms with Gasteiger partial charge < -0.3 is 15.5 Å². The molecule has 4 rings (SSSR count). The van der Waals surface area contributed by atoms with Crippen molar-refractivity contribution in [3.63, 3.8) is 0 Å². The fraction of sp³-hybridized carbons (Fsp3) is 0.364. The molecule has 0 aromatic heterocycles. The van der Waals surface area contributed by atoms with Gasteiger partial charge in [-0.05, 0) is 55.0 Å². The number of fused-ring (bicyclic) bond motifs is 1. The number of hydrogen-bond donors (Lipinski definition) is 2. The lowest BCUT2D eigenvalue weighted by Gasteiger charge is -2.31. The summed E-state index contributed by atoms with van der Waals surface area (Å²) < 4.78 is 14.1. The molecule has 2 aliphatic heterocycles. The van der Waals surface area contributed by atoms with Crippen molar-refractivity contribution in [2.75, 3.05) is 11.9 Å². The molecule has 1 fully saturated rings. The molecule has 2 aliphatic rings. The van der Waals surface area contributed by atoms with Gasteiger partial charge in [-0.2, -0.15) is 0 Å². The second-order valence-electron chi connectivity index (χ2n) is 7.57. The summed E-state index contributed by atoms with van der Waals surface area (Å²) >= 11 is 0. The van der Waals surface area contributed by atoms with E-state index in [0.29, 0.717) is 25.9 Å². The van der Waals surface area contributed by atoms with E-state index in [1.807, 2.05) is 18.2 Å². The van der Waals surface area contributed by atoms with Crippen LogP contribution in [0.3, 0.4) is 0 Å². The van der Waals surface area contributed by atoms with Crippen LogP contribution in [0.15, 0.2) is 42.5 Å². The highest BCUT2D eigenvalue weighted by atomic mass is 19.1. The van der Waals surface area contributed by atoms with Gasteiger partial charge in [0, 0.05) is 13.1 Å². The van der Waals surface area contributed by atoms with E-state index in [1.165, 1.54) is 17.2 Å². The Labute approximate surface area is 163 Å². The number of amides is 2. The fourth-order valence-electron chi connectivity index (χ4n) is 4.07. The number of nitrogens with zero attached hydrogens (tertiary/aromatic N) is 1. The van der Waals surface area contributed by atoms with E-state index in [0.717, 1.165) is 12.0 Å². The van der Waals surface area contributed by atoms with Crippen molar-refractivity contribution in [2.24, 2.45) is 0 Å². The Bertz CT molecular complexity index is 914. The van der Waals surface area contributed by atoms with Gasteiger partial charge in [0.25, 0.3) is 0 Å². The fourth-order valence-corrected chi connectivity index (χ4v) is 4.07. The third-order valence-electron chi connectivity index (χ3n) is 5.60. The maximum absolute atomic E-state index is 14.1. The van der Waals surface area contributed by atoms with Gasteiger partial charge in [0.15, 0.2) is 0 Å². The summed E-state index contributed by atoms with van der Waals surface area (Å²) in [5, 5.41) is 5.95. The van der Waals surface area contributed by atoms with Crippen molar-refractivity contribution in [3.8, 4) is 0 Å². The third kappa shape index (κ3) is 3.64. The predicted molar refractivity (Wildman–Crippen MR) is 105 cm³/mol. The molecule has 2 amide bonds. The van der Waals surface area contributed by atoms with E-state index in [9.17, 15) is 14.0 Å². The molecule has 2 unspecified atom stereocenters. The van der Waals surface area contributed by atoms with Crippen LogP contribution in [-0.4, -0.2) is 35.3 Å². The summed E-state index contributed by atoms with van der Waals surface area (Å²) in [4.78, 5) is 27.5. The van der Waals surface area contributed by atoms with Crippen LogP contribution in [0.4, 0.5) is 10.1 Å². The summed E-state index contributed by atoms with van der Waals surface area (Å²) in [7, 11) is 0. The van der Waals surface area contributed by atoms with Crippen LogP contribution in [0.5, 0.6) is 0 Å². The number of nitrogens with one attached hydrogen (secondary N) is 2. The lowest BCUT2D eigenvalue weighted by Crippen LogP contribution is -2.53. The third-order valence-corrected chi connectivity index (χ3v) is 5.60. The average molecular weight is 381 g/mol. The smallest absolute Gasteiger partial charge is 0.247 e. The normalized spacial score (nSPS) is 21.3. The number of aryl methyl sites for hydroxylation is 1. The van der Waals surface area contributed by atoms with Gasteiger partial charge in [0.2, 0.25) is 11.8 Å². The van der Waals surface area contributed by atoms with Crippen LogP contribution in [-0.2, 0) is 22.6 Å². The van der Waals surface area contributed by atoms with Gasteiger partial charge in [-0.1, -0.05) is 30.3 Å². The molecule has 2 N–H and O–H groups in total. The maximum atomic E-state index is 14.1. The number of hydrogen-bond acceptors (Lipinski definition) is 3. The predicted octanol–water partition coefficient (Wildman–Crippen LogP) is 2.78. The SMILES string of the molecule is Cc1ccc(NC(=O)C2CCCN2C(=O)C2Cc3ccccc3CN2)c(F)c1. The van der Waals surface area contributed by atoms with Crippen molar-refractivity contribution in [1.82, 2.24) is 10.2 Å². The van der Waals surface area contributed by atoms with Crippen LogP contribution < -0.4 is 10.6 Å². The number of anilines is 1. The first-order valence-electron chi connectivity index (χ1n) is 9.70. The lowest BCUT2D eigenvalue weighted by atomic mass is 9.95. The molecule has 2 heterocycles. The van der Waals surface area contributed by atoms with Gasteiger partial charge in [-0.15, -0.1) is 0 Å². The Balaban J connectivity index is 1.46. The first-order chi connectivity index (χ1) is 13.5. The van der Waals surface area contributed by atoms with Crippen LogP contribution in [0.2, 0.25) is 0 Å². The minimum Gasteiger partial charge on any atom is -0.329 e. The quantitative estimate of drug-likeness (QED) is 0.860. The molecule has 6 heteroatoms. The Morgan fingerprint density at radius 3 is 2.75 bits per heavy atom. The number of halogens is 1. The minimum absolute atomic E-state index is 0.0588. The molecule has 0 aliphatic carbocycles. The van der Waals surface area contributed by atoms with Crippen LogP contribution in [0.1, 0.15) is 29.5 Å². The van der Waals surface area contributed by atoms with Gasteiger partial charge >= 0.3 is 0 Å². The Hall–Kier alpha value is -2.73. The molecule has 0 bridgehead atoms. The van der Waals surface area contributed by atoms with E-state index >= 15 is 0 Å². The average Bonchev–Trinajstić information content (AvgIpc) is 3.19. The van der Waals surface area contributed by atoms with Gasteiger partial charge in [-0.25, -0.2) is 4.39 Å². The van der Waals surface area contributed by atoms with E-state index in [1.54, 1.807) is 24.0 Å². The first kappa shape index (κ1) is 18.6. The zero-order valence-corrected chi connectivity index (χ0v) is 15.9. The van der Waals surface area contributed by atoms with Gasteiger partial charge in [0.1, 0.15) is 11.9 Å². The van der Waals surface area contributed by atoms with E-state index < -0.39 is 11.9 Å². The van der Waals surface area contributed by atoms with E-state index in [2.05, 4.69) is 16.7 Å². The Morgan fingerprint density at radius 2 is 1.96 bits per heavy atom. The molecular weight excluding hydrogens is 357 g/mol. The molecule has 1 saturated heterocycles. The summed E-state index contributed by atoms with van der Waals surface area (Å²) in [6.07, 6.45) is 1.98. The molecule has 2 aromatic carbocycles. The second kappa shape index (κ2) is 7.72. The standard InChI is InChI=1S/C22H24FN3O2/c1-14-8-9-18(17(23)11-14)25-21(27)20-7-4-10-26(20)22(28)19-12-15-5-2-3-6-16(15)13-24-19/h2-3,5-6,8-9,11,19-20,24H,4,7,10,12-13H2,1H3,(H,25,27). The highest BCUT2D eigenvalue weighted by molar-refractivity contribution is 5.98. The topological polar surface area (TPSA) is 61.4 Å². The summed E-state index contributed by atoms with van der Waals surface area (Å²) in [5.41, 5.74) is 3.31. The molecule has 5 nitrogen and oxygen atoms in total. The van der Waals surface area contributed by atoms with Crippen LogP contribution in [0, 0.1) is 12.7 Å². The van der Waals surface area contributed by atoms with Crippen molar-refractivity contribution in [2.45, 2.75) is 44.8 Å². The Morgan fingerprint density at radius 1 is 1.18 bits per heavy atom. The second-order valence-corrected chi connectivity index (χ2v) is 7.57. The molecule has 0 spiro atoms. The largest absolute Gasteiger partial charge is 0.329 e. The molecule has 0 radical (unpaired) electrons. The number of carbonyl (C=O) groups is 2. The van der Waals surface area contributed by atoms with Crippen LogP contribution >= 0.6 is 0 Å². The summed E-state index contributed by atoms with van der Waals surface area (Å²) in [5.74, 6) is -0.851. The highest BCUT2D eigenvalue weighted by Gasteiger charge is 2.38. The molecule has 28 heavy (non-hydrogen) atoms. The number of likely N-dealkylation sites (tertiary alicyclic amines) is 1. The van der Waals surface area contributed by atoms with Gasteiger partial charge in [0.05, 0.1) is 11.7 Å². The van der Waals surface area contributed by atoms with Crippen molar-refractivity contribution in [1.29, 1.82) is 0 Å². The van der Waals surface area contributed by atoms with E-state index in [-0.39, 0.29) is 23.5 Å². The maximum Gasteiger partial charge on any atom is 0.247 e. The minimum atomic E-state index is -0.563. The molecular formula is C22H24FN3O2. The lowest BCUT2D eigenvalue weighted by molar-refractivity contribution is -0.138. The zero-order valence-electron chi connectivity index (χ0n) is 15.9. The first-order valence-corrected chi connectivity index (χ1v) is 9.70. The van der Waals surface area contributed by atoms with Crippen LogP contribution in [0.25, 0.3) is 0 Å². The monoisotopic (exact) mass is 381 g/mol. The van der Waals surface area contributed by atoms with Crippen molar-refractivity contribution < 1.29 is 14.0 Å². The molecule has 2 atom stereocenters. The number of rotatable bonds is 3. The summed E-state index contributed by atoms with van der Waals surface area (Å²) in [6, 6.07) is 11.9. The summed E-state index contributed by atoms with van der Waals surface area (Å²) in [6.45, 7) is 2.99. The van der Waals surface area contributed by atoms with Crippen molar-refractivity contribution >= 4 is 17.5 Å². The van der Waals surface area contributed by atoms with Gasteiger partial charge in [-0.3, -0.25) is 9.59 Å². The number of carbonyl (C=O) groups excluding carboxylic acids is 2. The zero-order chi connectivity index (χ0) is 19.7. The van der Waals surface area contributed by atoms with Crippen molar-refractivity contribution in [3.05, 3.63) is 65.0 Å².